The van der Waals surface area contributed by atoms with E-state index in [1.54, 1.807) is 31.6 Å². The van der Waals surface area contributed by atoms with E-state index in [0.29, 0.717) is 11.4 Å². The van der Waals surface area contributed by atoms with Crippen molar-refractivity contribution in [1.29, 1.82) is 0 Å². The van der Waals surface area contributed by atoms with Crippen LogP contribution in [-0.2, 0) is 0 Å². The largest absolute Gasteiger partial charge is 0.478 e. The van der Waals surface area contributed by atoms with Crippen LogP contribution in [0, 0.1) is 13.8 Å². The first-order valence-electron chi connectivity index (χ1n) is 4.80. The van der Waals surface area contributed by atoms with E-state index in [1.165, 1.54) is 4.68 Å². The minimum atomic E-state index is -0.992. The van der Waals surface area contributed by atoms with Gasteiger partial charge in [0, 0.05) is 12.4 Å². The molecule has 5 heteroatoms. The number of rotatable bonds is 2. The molecule has 2 rings (SSSR count). The zero-order valence-electron chi connectivity index (χ0n) is 9.01. The van der Waals surface area contributed by atoms with Crippen molar-refractivity contribution in [3.05, 3.63) is 41.3 Å². The number of carbonyl (C=O) groups is 1. The van der Waals surface area contributed by atoms with Gasteiger partial charge in [0.15, 0.2) is 5.82 Å². The lowest BCUT2D eigenvalue weighted by Gasteiger charge is -2.06. The number of hydrogen-bond acceptors (Lipinski definition) is 3. The third-order valence-corrected chi connectivity index (χ3v) is 2.28. The molecule has 0 saturated heterocycles. The molecular formula is C11H11N3O2. The van der Waals surface area contributed by atoms with Gasteiger partial charge in [0.05, 0.1) is 6.20 Å². The minimum Gasteiger partial charge on any atom is -0.478 e. The number of pyridine rings is 1. The summed E-state index contributed by atoms with van der Waals surface area (Å²) in [7, 11) is 0. The van der Waals surface area contributed by atoms with Crippen molar-refractivity contribution in [3.8, 4) is 5.82 Å². The van der Waals surface area contributed by atoms with Gasteiger partial charge < -0.3 is 5.11 Å². The Bertz CT molecular complexity index is 546. The number of carboxylic acids is 1. The summed E-state index contributed by atoms with van der Waals surface area (Å²) in [6.07, 6.45) is 4.98. The summed E-state index contributed by atoms with van der Waals surface area (Å²) >= 11 is 0. The maximum absolute atomic E-state index is 11.1. The second kappa shape index (κ2) is 3.77. The van der Waals surface area contributed by atoms with E-state index >= 15 is 0 Å². The first-order chi connectivity index (χ1) is 7.59. The topological polar surface area (TPSA) is 68.0 Å². The predicted molar refractivity (Wildman–Crippen MR) is 57.8 cm³/mol. The van der Waals surface area contributed by atoms with Crippen LogP contribution in [0.25, 0.3) is 5.82 Å². The molecule has 0 bridgehead atoms. The SMILES string of the molecule is Cc1cnn(-c2nccc(C)c2C(=O)O)c1. The molecule has 0 aliphatic rings. The molecule has 5 nitrogen and oxygen atoms in total. The quantitative estimate of drug-likeness (QED) is 0.829. The first-order valence-corrected chi connectivity index (χ1v) is 4.80. The summed E-state index contributed by atoms with van der Waals surface area (Å²) in [5.74, 6) is -0.644. The Labute approximate surface area is 92.4 Å². The predicted octanol–water partition coefficient (Wildman–Crippen LogP) is 1.58. The third kappa shape index (κ3) is 1.67. The lowest BCUT2D eigenvalue weighted by molar-refractivity contribution is 0.0695. The van der Waals surface area contributed by atoms with Gasteiger partial charge in [-0.05, 0) is 31.0 Å². The molecule has 82 valence electrons. The molecule has 0 unspecified atom stereocenters. The molecule has 1 N–H and O–H groups in total. The molecule has 0 saturated carbocycles. The van der Waals surface area contributed by atoms with Gasteiger partial charge in [-0.15, -0.1) is 0 Å². The molecule has 0 radical (unpaired) electrons. The Balaban J connectivity index is 2.65. The van der Waals surface area contributed by atoms with Gasteiger partial charge in [-0.3, -0.25) is 0 Å². The van der Waals surface area contributed by atoms with Gasteiger partial charge in [0.25, 0.3) is 0 Å². The lowest BCUT2D eigenvalue weighted by Crippen LogP contribution is -2.10. The lowest BCUT2D eigenvalue weighted by atomic mass is 10.1. The molecule has 2 heterocycles. The van der Waals surface area contributed by atoms with Crippen LogP contribution in [0.4, 0.5) is 0 Å². The van der Waals surface area contributed by atoms with Crippen molar-refractivity contribution in [1.82, 2.24) is 14.8 Å². The molecule has 0 aliphatic heterocycles. The summed E-state index contributed by atoms with van der Waals surface area (Å²) in [6.45, 7) is 3.63. The minimum absolute atomic E-state index is 0.186. The Hall–Kier alpha value is -2.17. The maximum Gasteiger partial charge on any atom is 0.339 e. The van der Waals surface area contributed by atoms with Crippen LogP contribution in [0.2, 0.25) is 0 Å². The monoisotopic (exact) mass is 217 g/mol. The van der Waals surface area contributed by atoms with E-state index in [9.17, 15) is 4.79 Å². The van der Waals surface area contributed by atoms with E-state index in [-0.39, 0.29) is 5.56 Å². The Morgan fingerprint density at radius 1 is 1.44 bits per heavy atom. The van der Waals surface area contributed by atoms with Gasteiger partial charge in [-0.2, -0.15) is 5.10 Å². The van der Waals surface area contributed by atoms with E-state index in [2.05, 4.69) is 10.1 Å². The van der Waals surface area contributed by atoms with E-state index in [1.807, 2.05) is 6.92 Å². The molecule has 0 atom stereocenters. The zero-order chi connectivity index (χ0) is 11.7. The summed E-state index contributed by atoms with van der Waals surface area (Å²) in [5.41, 5.74) is 1.82. The Kier molecular flexibility index (Phi) is 2.44. The first kappa shape index (κ1) is 10.4. The third-order valence-electron chi connectivity index (χ3n) is 2.28. The highest BCUT2D eigenvalue weighted by atomic mass is 16.4. The van der Waals surface area contributed by atoms with E-state index in [4.69, 9.17) is 5.11 Å². The second-order valence-electron chi connectivity index (χ2n) is 3.59. The fraction of sp³-hybridized carbons (Fsp3) is 0.182. The normalized spacial score (nSPS) is 10.4. The van der Waals surface area contributed by atoms with Gasteiger partial charge >= 0.3 is 5.97 Å². The van der Waals surface area contributed by atoms with Gasteiger partial charge in [0.1, 0.15) is 5.56 Å². The molecule has 16 heavy (non-hydrogen) atoms. The van der Waals surface area contributed by atoms with Crippen molar-refractivity contribution in [3.63, 3.8) is 0 Å². The summed E-state index contributed by atoms with van der Waals surface area (Å²) in [6, 6.07) is 1.67. The Morgan fingerprint density at radius 2 is 2.19 bits per heavy atom. The average Bonchev–Trinajstić information content (AvgIpc) is 2.63. The van der Waals surface area contributed by atoms with Crippen LogP contribution in [-0.4, -0.2) is 25.8 Å². The van der Waals surface area contributed by atoms with Gasteiger partial charge in [0.2, 0.25) is 0 Å². The van der Waals surface area contributed by atoms with Crippen LogP contribution in [0.3, 0.4) is 0 Å². The van der Waals surface area contributed by atoms with Crippen LogP contribution >= 0.6 is 0 Å². The van der Waals surface area contributed by atoms with E-state index < -0.39 is 5.97 Å². The standard InChI is InChI=1S/C11H11N3O2/c1-7-5-13-14(6-7)10-9(11(15)16)8(2)3-4-12-10/h3-6H,1-2H3,(H,15,16). The molecule has 0 amide bonds. The summed E-state index contributed by atoms with van der Waals surface area (Å²) < 4.78 is 1.48. The number of nitrogens with zero attached hydrogens (tertiary/aromatic N) is 3. The summed E-state index contributed by atoms with van der Waals surface area (Å²) in [4.78, 5) is 15.2. The van der Waals surface area contributed by atoms with Crippen LogP contribution in [0.1, 0.15) is 21.5 Å². The number of aryl methyl sites for hydroxylation is 2. The number of aromatic nitrogens is 3. The highest BCUT2D eigenvalue weighted by molar-refractivity contribution is 5.92. The molecule has 0 spiro atoms. The fourth-order valence-corrected chi connectivity index (χ4v) is 1.51. The van der Waals surface area contributed by atoms with E-state index in [0.717, 1.165) is 5.56 Å². The molecule has 2 aromatic rings. The summed E-state index contributed by atoms with van der Waals surface area (Å²) in [5, 5.41) is 13.2. The van der Waals surface area contributed by atoms with Crippen molar-refractivity contribution in [2.24, 2.45) is 0 Å². The molecule has 0 aliphatic carbocycles. The van der Waals surface area contributed by atoms with Gasteiger partial charge in [-0.25, -0.2) is 14.5 Å². The van der Waals surface area contributed by atoms with Crippen LogP contribution in [0.15, 0.2) is 24.7 Å². The number of hydrogen-bond donors (Lipinski definition) is 1. The highest BCUT2D eigenvalue weighted by Crippen LogP contribution is 2.15. The molecule has 0 fully saturated rings. The molecule has 2 aromatic heterocycles. The number of aromatic carboxylic acids is 1. The van der Waals surface area contributed by atoms with Crippen LogP contribution in [0.5, 0.6) is 0 Å². The highest BCUT2D eigenvalue weighted by Gasteiger charge is 2.16. The maximum atomic E-state index is 11.1. The zero-order valence-corrected chi connectivity index (χ0v) is 9.01. The second-order valence-corrected chi connectivity index (χ2v) is 3.59. The fourth-order valence-electron chi connectivity index (χ4n) is 1.51. The average molecular weight is 217 g/mol. The number of carboxylic acid groups (broad SMARTS) is 1. The Morgan fingerprint density at radius 3 is 2.75 bits per heavy atom. The smallest absolute Gasteiger partial charge is 0.339 e. The van der Waals surface area contributed by atoms with Gasteiger partial charge in [-0.1, -0.05) is 0 Å². The molecular weight excluding hydrogens is 206 g/mol. The van der Waals surface area contributed by atoms with Crippen molar-refractivity contribution < 1.29 is 9.90 Å². The van der Waals surface area contributed by atoms with Crippen molar-refractivity contribution in [2.45, 2.75) is 13.8 Å². The molecule has 0 aromatic carbocycles. The van der Waals surface area contributed by atoms with Crippen molar-refractivity contribution in [2.75, 3.05) is 0 Å². The van der Waals surface area contributed by atoms with Crippen LogP contribution < -0.4 is 0 Å². The van der Waals surface area contributed by atoms with Crippen molar-refractivity contribution >= 4 is 5.97 Å².